The van der Waals surface area contributed by atoms with Gasteiger partial charge in [-0.2, -0.15) is 0 Å². The third-order valence-electron chi connectivity index (χ3n) is 2.46. The lowest BCUT2D eigenvalue weighted by Gasteiger charge is -2.05. The van der Waals surface area contributed by atoms with Gasteiger partial charge in [0.25, 0.3) is 0 Å². The fraction of sp³-hybridized carbons (Fsp3) is 0.333. The second-order valence-electron chi connectivity index (χ2n) is 3.36. The average Bonchev–Trinajstić information content (AvgIpc) is 2.41. The predicted molar refractivity (Wildman–Crippen MR) is 49.4 cm³/mol. The Morgan fingerprint density at radius 2 is 2.29 bits per heavy atom. The van der Waals surface area contributed by atoms with E-state index in [0.29, 0.717) is 11.0 Å². The molecule has 0 bridgehead atoms. The molecule has 0 saturated carbocycles. The Morgan fingerprint density at radius 3 is 2.93 bits per heavy atom. The monoisotopic (exact) mass is 196 g/mol. The predicted octanol–water partition coefficient (Wildman–Crippen LogP) is 0.0967. The van der Waals surface area contributed by atoms with Crippen LogP contribution < -0.4 is 5.46 Å². The average molecular weight is 196 g/mol. The van der Waals surface area contributed by atoms with Crippen LogP contribution in [-0.4, -0.2) is 17.2 Å². The van der Waals surface area contributed by atoms with Crippen molar-refractivity contribution in [2.75, 3.05) is 0 Å². The number of benzene rings is 1. The van der Waals surface area contributed by atoms with Crippen molar-refractivity contribution in [3.05, 3.63) is 29.1 Å². The Morgan fingerprint density at radius 1 is 1.57 bits per heavy atom. The summed E-state index contributed by atoms with van der Waals surface area (Å²) in [6, 6.07) is 2.75. The van der Waals surface area contributed by atoms with Crippen molar-refractivity contribution in [2.24, 2.45) is 0 Å². The highest BCUT2D eigenvalue weighted by Gasteiger charge is 2.33. The molecule has 1 aromatic carbocycles. The van der Waals surface area contributed by atoms with Gasteiger partial charge >= 0.3 is 7.12 Å². The Hall–Kier alpha value is -0.905. The minimum absolute atomic E-state index is 0.181. The first-order valence-electron chi connectivity index (χ1n) is 4.40. The molecule has 5 heteroatoms. The molecule has 1 aromatic rings. The molecule has 2 rings (SSSR count). The number of hydrogen-bond acceptors (Lipinski definition) is 3. The van der Waals surface area contributed by atoms with Crippen molar-refractivity contribution >= 4 is 12.6 Å². The molecule has 0 aliphatic carbocycles. The van der Waals surface area contributed by atoms with E-state index in [1.807, 2.05) is 0 Å². The van der Waals surface area contributed by atoms with E-state index in [2.05, 4.69) is 0 Å². The third-order valence-corrected chi connectivity index (χ3v) is 2.46. The summed E-state index contributed by atoms with van der Waals surface area (Å²) < 4.78 is 18.3. The smallest absolute Gasteiger partial charge is 0.423 e. The number of fused-ring (bicyclic) bond motifs is 1. The lowest BCUT2D eigenvalue weighted by molar-refractivity contribution is 0.208. The van der Waals surface area contributed by atoms with Crippen molar-refractivity contribution in [3.63, 3.8) is 0 Å². The Bertz CT molecular complexity index is 369. The summed E-state index contributed by atoms with van der Waals surface area (Å²) in [5.41, 5.74) is 1.37. The minimum atomic E-state index is -1.01. The van der Waals surface area contributed by atoms with Crippen LogP contribution in [0.2, 0.25) is 0 Å². The number of aliphatic hydroxyl groups is 1. The van der Waals surface area contributed by atoms with Crippen LogP contribution in [0.4, 0.5) is 4.39 Å². The van der Waals surface area contributed by atoms with Gasteiger partial charge in [-0.25, -0.2) is 4.39 Å². The van der Waals surface area contributed by atoms with Crippen LogP contribution in [0.1, 0.15) is 24.2 Å². The normalized spacial score (nSPS) is 20.0. The SMILES string of the molecule is C[C@@H]1OB(O)c2cc(CO)c(F)cc21. The zero-order valence-corrected chi connectivity index (χ0v) is 7.70. The van der Waals surface area contributed by atoms with Crippen LogP contribution in [0.25, 0.3) is 0 Å². The molecule has 0 radical (unpaired) electrons. The summed E-state index contributed by atoms with van der Waals surface area (Å²) in [4.78, 5) is 0. The lowest BCUT2D eigenvalue weighted by Crippen LogP contribution is -2.28. The lowest BCUT2D eigenvalue weighted by atomic mass is 9.78. The summed E-state index contributed by atoms with van der Waals surface area (Å²) in [5.74, 6) is -0.462. The molecule has 1 aliphatic heterocycles. The largest absolute Gasteiger partial charge is 0.491 e. The topological polar surface area (TPSA) is 49.7 Å². The standard InChI is InChI=1S/C9H10BFO3/c1-5-7-3-9(11)6(4-12)2-8(7)10(13)14-5/h2-3,5,12-13H,4H2,1H3/t5-/m0/s1. The van der Waals surface area contributed by atoms with Crippen LogP contribution in [0, 0.1) is 5.82 Å². The van der Waals surface area contributed by atoms with Gasteiger partial charge in [0, 0.05) is 5.56 Å². The Balaban J connectivity index is 2.54. The second-order valence-corrected chi connectivity index (χ2v) is 3.36. The zero-order valence-electron chi connectivity index (χ0n) is 7.70. The summed E-state index contributed by atoms with van der Waals surface area (Å²) >= 11 is 0. The summed E-state index contributed by atoms with van der Waals surface area (Å²) in [7, 11) is -1.01. The molecule has 0 unspecified atom stereocenters. The molecule has 1 aliphatic rings. The third kappa shape index (κ3) is 1.34. The van der Waals surface area contributed by atoms with E-state index in [0.717, 1.165) is 0 Å². The molecule has 2 N–H and O–H groups in total. The molecule has 0 spiro atoms. The zero-order chi connectivity index (χ0) is 10.3. The maximum absolute atomic E-state index is 13.2. The second kappa shape index (κ2) is 3.35. The van der Waals surface area contributed by atoms with Gasteiger partial charge in [0.2, 0.25) is 0 Å². The number of hydrogen-bond donors (Lipinski definition) is 2. The Labute approximate surface area is 81.3 Å². The molecule has 3 nitrogen and oxygen atoms in total. The number of aliphatic hydroxyl groups excluding tert-OH is 1. The molecular weight excluding hydrogens is 186 g/mol. The molecule has 74 valence electrons. The van der Waals surface area contributed by atoms with E-state index in [4.69, 9.17) is 9.76 Å². The van der Waals surface area contributed by atoms with Crippen LogP contribution >= 0.6 is 0 Å². The van der Waals surface area contributed by atoms with Crippen LogP contribution in [0.3, 0.4) is 0 Å². The van der Waals surface area contributed by atoms with Gasteiger partial charge in [0.05, 0.1) is 12.7 Å². The van der Waals surface area contributed by atoms with E-state index < -0.39 is 12.9 Å². The van der Waals surface area contributed by atoms with Gasteiger partial charge in [-0.3, -0.25) is 0 Å². The quantitative estimate of drug-likeness (QED) is 0.626. The molecule has 0 saturated heterocycles. The number of halogens is 1. The van der Waals surface area contributed by atoms with Gasteiger partial charge in [0.1, 0.15) is 5.82 Å². The minimum Gasteiger partial charge on any atom is -0.423 e. The van der Waals surface area contributed by atoms with Crippen LogP contribution in [0.15, 0.2) is 12.1 Å². The molecular formula is C9H10BFO3. The highest BCUT2D eigenvalue weighted by atomic mass is 19.1. The first-order valence-corrected chi connectivity index (χ1v) is 4.40. The summed E-state index contributed by atoms with van der Waals surface area (Å²) in [6.45, 7) is 1.37. The van der Waals surface area contributed by atoms with E-state index in [-0.39, 0.29) is 18.3 Å². The van der Waals surface area contributed by atoms with Gasteiger partial charge < -0.3 is 14.8 Å². The van der Waals surface area contributed by atoms with Gasteiger partial charge in [-0.15, -0.1) is 0 Å². The highest BCUT2D eigenvalue weighted by Crippen LogP contribution is 2.24. The maximum atomic E-state index is 13.2. The van der Waals surface area contributed by atoms with E-state index >= 15 is 0 Å². The van der Waals surface area contributed by atoms with Crippen molar-refractivity contribution in [1.82, 2.24) is 0 Å². The fourth-order valence-electron chi connectivity index (χ4n) is 1.68. The molecule has 0 aromatic heterocycles. The molecule has 1 heterocycles. The highest BCUT2D eigenvalue weighted by molar-refractivity contribution is 6.61. The van der Waals surface area contributed by atoms with Gasteiger partial charge in [-0.05, 0) is 24.0 Å². The molecule has 0 amide bonds. The van der Waals surface area contributed by atoms with E-state index in [9.17, 15) is 9.41 Å². The number of rotatable bonds is 1. The van der Waals surface area contributed by atoms with E-state index in [1.54, 1.807) is 6.92 Å². The summed E-state index contributed by atoms with van der Waals surface area (Å²) in [6.07, 6.45) is -0.303. The van der Waals surface area contributed by atoms with Crippen molar-refractivity contribution < 1.29 is 19.2 Å². The first kappa shape index (κ1) is 9.64. The van der Waals surface area contributed by atoms with Crippen molar-refractivity contribution in [2.45, 2.75) is 19.6 Å². The van der Waals surface area contributed by atoms with E-state index in [1.165, 1.54) is 12.1 Å². The maximum Gasteiger partial charge on any atom is 0.491 e. The van der Waals surface area contributed by atoms with Crippen LogP contribution in [0.5, 0.6) is 0 Å². The Kier molecular flexibility index (Phi) is 2.30. The van der Waals surface area contributed by atoms with Gasteiger partial charge in [-0.1, -0.05) is 6.07 Å². The van der Waals surface area contributed by atoms with Crippen molar-refractivity contribution in [3.8, 4) is 0 Å². The van der Waals surface area contributed by atoms with Crippen molar-refractivity contribution in [1.29, 1.82) is 0 Å². The van der Waals surface area contributed by atoms with Crippen LogP contribution in [-0.2, 0) is 11.3 Å². The summed E-state index contributed by atoms with van der Waals surface area (Å²) in [5, 5.41) is 18.3. The van der Waals surface area contributed by atoms with Gasteiger partial charge in [0.15, 0.2) is 0 Å². The molecule has 1 atom stereocenters. The fourth-order valence-corrected chi connectivity index (χ4v) is 1.68. The molecule has 14 heavy (non-hydrogen) atoms. The molecule has 0 fully saturated rings. The first-order chi connectivity index (χ1) is 6.63.